The highest BCUT2D eigenvalue weighted by Gasteiger charge is 2.08. The second-order valence-electron chi connectivity index (χ2n) is 4.37. The van der Waals surface area contributed by atoms with Gasteiger partial charge in [-0.1, -0.05) is 12.5 Å². The van der Waals surface area contributed by atoms with Crippen molar-refractivity contribution in [2.45, 2.75) is 45.6 Å². The molecule has 90 valence electrons. The zero-order valence-corrected chi connectivity index (χ0v) is 10.5. The topological polar surface area (TPSA) is 25.2 Å². The average molecular weight is 221 g/mol. The number of nitrogens with one attached hydrogen (secondary N) is 1. The van der Waals surface area contributed by atoms with Gasteiger partial charge in [0.1, 0.15) is 5.76 Å². The van der Waals surface area contributed by atoms with E-state index in [4.69, 9.17) is 4.42 Å². The number of allylic oxidation sites excluding steroid dienone is 1. The summed E-state index contributed by atoms with van der Waals surface area (Å²) in [5, 5.41) is 3.52. The fraction of sp³-hybridized carbons (Fsp3) is 0.571. The number of hydrogen-bond donors (Lipinski definition) is 1. The van der Waals surface area contributed by atoms with E-state index in [1.54, 1.807) is 6.26 Å². The van der Waals surface area contributed by atoms with Gasteiger partial charge in [-0.3, -0.25) is 0 Å². The monoisotopic (exact) mass is 221 g/mol. The first-order valence-electron chi connectivity index (χ1n) is 6.12. The second-order valence-corrected chi connectivity index (χ2v) is 4.37. The molecule has 0 aromatic carbocycles. The maximum atomic E-state index is 5.34. The number of aryl methyl sites for hydroxylation is 1. The highest BCUT2D eigenvalue weighted by atomic mass is 16.3. The molecular formula is C14H23NO. The van der Waals surface area contributed by atoms with Crippen molar-refractivity contribution in [1.82, 2.24) is 5.32 Å². The summed E-state index contributed by atoms with van der Waals surface area (Å²) in [4.78, 5) is 0. The zero-order chi connectivity index (χ0) is 11.8. The van der Waals surface area contributed by atoms with Gasteiger partial charge in [0.05, 0.1) is 6.26 Å². The molecule has 2 nitrogen and oxygen atoms in total. The third kappa shape index (κ3) is 5.17. The van der Waals surface area contributed by atoms with Crippen LogP contribution in [0.15, 0.2) is 35.0 Å². The molecule has 16 heavy (non-hydrogen) atoms. The van der Waals surface area contributed by atoms with Crippen molar-refractivity contribution in [3.63, 3.8) is 0 Å². The Labute approximate surface area is 98.7 Å². The third-order valence-electron chi connectivity index (χ3n) is 2.73. The Morgan fingerprint density at radius 1 is 1.50 bits per heavy atom. The van der Waals surface area contributed by atoms with Crippen LogP contribution in [0.5, 0.6) is 0 Å². The molecule has 1 heterocycles. The summed E-state index contributed by atoms with van der Waals surface area (Å²) >= 11 is 0. The fourth-order valence-electron chi connectivity index (χ4n) is 1.83. The van der Waals surface area contributed by atoms with Crippen LogP contribution in [-0.2, 0) is 6.42 Å². The smallest absolute Gasteiger partial charge is 0.103 e. The fourth-order valence-corrected chi connectivity index (χ4v) is 1.83. The lowest BCUT2D eigenvalue weighted by Gasteiger charge is -2.17. The van der Waals surface area contributed by atoms with Crippen LogP contribution >= 0.6 is 0 Å². The van der Waals surface area contributed by atoms with Crippen LogP contribution in [0.1, 0.15) is 38.9 Å². The van der Waals surface area contributed by atoms with Crippen LogP contribution in [0.2, 0.25) is 0 Å². The Hall–Kier alpha value is -1.02. The zero-order valence-electron chi connectivity index (χ0n) is 10.5. The lowest BCUT2D eigenvalue weighted by atomic mass is 10.0. The van der Waals surface area contributed by atoms with E-state index in [9.17, 15) is 0 Å². The molecule has 1 rings (SSSR count). The molecule has 0 fully saturated rings. The maximum absolute atomic E-state index is 5.34. The molecule has 1 N–H and O–H groups in total. The first-order valence-corrected chi connectivity index (χ1v) is 6.12. The molecule has 0 saturated heterocycles. The minimum atomic E-state index is 0.576. The van der Waals surface area contributed by atoms with Gasteiger partial charge in [-0.25, -0.2) is 0 Å². The normalized spacial score (nSPS) is 12.6. The van der Waals surface area contributed by atoms with E-state index in [0.29, 0.717) is 6.04 Å². The molecular weight excluding hydrogens is 198 g/mol. The van der Waals surface area contributed by atoms with E-state index in [-0.39, 0.29) is 0 Å². The SMILES string of the molecule is C=C(C)CCC(CCc1ccco1)NCC. The highest BCUT2D eigenvalue weighted by Crippen LogP contribution is 2.11. The third-order valence-corrected chi connectivity index (χ3v) is 2.73. The van der Waals surface area contributed by atoms with E-state index in [1.807, 2.05) is 12.1 Å². The van der Waals surface area contributed by atoms with Gasteiger partial charge in [-0.2, -0.15) is 0 Å². The van der Waals surface area contributed by atoms with Crippen LogP contribution in [0, 0.1) is 0 Å². The van der Waals surface area contributed by atoms with E-state index < -0.39 is 0 Å². The van der Waals surface area contributed by atoms with Crippen LogP contribution in [0.25, 0.3) is 0 Å². The van der Waals surface area contributed by atoms with Gasteiger partial charge in [0.15, 0.2) is 0 Å². The van der Waals surface area contributed by atoms with Crippen molar-refractivity contribution >= 4 is 0 Å². The molecule has 0 aliphatic heterocycles. The average Bonchev–Trinajstić information content (AvgIpc) is 2.75. The van der Waals surface area contributed by atoms with Gasteiger partial charge < -0.3 is 9.73 Å². The molecule has 0 amide bonds. The first kappa shape index (κ1) is 13.0. The Morgan fingerprint density at radius 3 is 2.88 bits per heavy atom. The predicted octanol–water partition coefficient (Wildman–Crippen LogP) is 3.55. The van der Waals surface area contributed by atoms with Gasteiger partial charge in [-0.05, 0) is 44.9 Å². The summed E-state index contributed by atoms with van der Waals surface area (Å²) in [5.41, 5.74) is 1.26. The number of hydrogen-bond acceptors (Lipinski definition) is 2. The van der Waals surface area contributed by atoms with E-state index >= 15 is 0 Å². The van der Waals surface area contributed by atoms with Crippen LogP contribution in [0.3, 0.4) is 0 Å². The van der Waals surface area contributed by atoms with Crippen molar-refractivity contribution in [1.29, 1.82) is 0 Å². The van der Waals surface area contributed by atoms with Gasteiger partial charge in [0.25, 0.3) is 0 Å². The molecule has 2 heteroatoms. The van der Waals surface area contributed by atoms with Crippen molar-refractivity contribution in [3.05, 3.63) is 36.3 Å². The Bertz CT molecular complexity index is 290. The molecule has 0 bridgehead atoms. The number of rotatable bonds is 8. The molecule has 0 spiro atoms. The standard InChI is InChI=1S/C14H23NO/c1-4-15-13(8-7-12(2)3)9-10-14-6-5-11-16-14/h5-6,11,13,15H,2,4,7-10H2,1,3H3. The van der Waals surface area contributed by atoms with E-state index in [2.05, 4.69) is 25.7 Å². The Balaban J connectivity index is 2.29. The Kier molecular flexibility index (Phi) is 5.94. The largest absolute Gasteiger partial charge is 0.469 e. The minimum absolute atomic E-state index is 0.576. The molecule has 1 atom stereocenters. The lowest BCUT2D eigenvalue weighted by molar-refractivity contribution is 0.432. The van der Waals surface area contributed by atoms with Gasteiger partial charge in [0, 0.05) is 12.5 Å². The van der Waals surface area contributed by atoms with Crippen LogP contribution in [0.4, 0.5) is 0 Å². The van der Waals surface area contributed by atoms with E-state index in [0.717, 1.165) is 31.6 Å². The van der Waals surface area contributed by atoms with Crippen LogP contribution in [-0.4, -0.2) is 12.6 Å². The molecule has 1 unspecified atom stereocenters. The molecule has 1 aromatic rings. The van der Waals surface area contributed by atoms with Crippen molar-refractivity contribution in [2.75, 3.05) is 6.54 Å². The van der Waals surface area contributed by atoms with Crippen molar-refractivity contribution in [2.24, 2.45) is 0 Å². The van der Waals surface area contributed by atoms with E-state index in [1.165, 1.54) is 12.0 Å². The van der Waals surface area contributed by atoms with Gasteiger partial charge in [0.2, 0.25) is 0 Å². The Morgan fingerprint density at radius 2 is 2.31 bits per heavy atom. The maximum Gasteiger partial charge on any atom is 0.103 e. The first-order chi connectivity index (χ1) is 7.72. The summed E-state index contributed by atoms with van der Waals surface area (Å²) < 4.78 is 5.34. The summed E-state index contributed by atoms with van der Waals surface area (Å²) in [6.07, 6.45) is 6.17. The van der Waals surface area contributed by atoms with Gasteiger partial charge >= 0.3 is 0 Å². The molecule has 0 aliphatic carbocycles. The highest BCUT2D eigenvalue weighted by molar-refractivity contribution is 4.99. The van der Waals surface area contributed by atoms with Crippen LogP contribution < -0.4 is 5.32 Å². The summed E-state index contributed by atoms with van der Waals surface area (Å²) in [7, 11) is 0. The predicted molar refractivity (Wildman–Crippen MR) is 68.5 cm³/mol. The summed E-state index contributed by atoms with van der Waals surface area (Å²) in [6.45, 7) is 9.22. The molecule has 0 aliphatic rings. The summed E-state index contributed by atoms with van der Waals surface area (Å²) in [6, 6.07) is 4.57. The number of furan rings is 1. The summed E-state index contributed by atoms with van der Waals surface area (Å²) in [5.74, 6) is 1.08. The quantitative estimate of drug-likeness (QED) is 0.679. The van der Waals surface area contributed by atoms with Crippen molar-refractivity contribution < 1.29 is 4.42 Å². The molecule has 1 aromatic heterocycles. The molecule has 0 saturated carbocycles. The minimum Gasteiger partial charge on any atom is -0.469 e. The van der Waals surface area contributed by atoms with Gasteiger partial charge in [-0.15, -0.1) is 6.58 Å². The lowest BCUT2D eigenvalue weighted by Crippen LogP contribution is -2.29. The van der Waals surface area contributed by atoms with Crippen molar-refractivity contribution in [3.8, 4) is 0 Å². The second kappa shape index (κ2) is 7.29. The molecule has 0 radical (unpaired) electrons.